The molecule has 2 rings (SSSR count). The van der Waals surface area contributed by atoms with Gasteiger partial charge in [0.25, 0.3) is 0 Å². The van der Waals surface area contributed by atoms with E-state index in [0.717, 1.165) is 12.8 Å². The molecular weight excluding hydrogens is 298 g/mol. The van der Waals surface area contributed by atoms with Gasteiger partial charge in [-0.05, 0) is 39.7 Å². The number of pyridine rings is 1. The normalized spacial score (nSPS) is 17.2. The molecule has 7 heteroatoms. The van der Waals surface area contributed by atoms with E-state index in [0.29, 0.717) is 23.5 Å². The summed E-state index contributed by atoms with van der Waals surface area (Å²) in [4.78, 5) is 40.9. The molecule has 2 heterocycles. The third kappa shape index (κ3) is 3.67. The van der Waals surface area contributed by atoms with E-state index in [1.807, 2.05) is 0 Å². The SMILES string of the molecule is CC(=O)c1cc(C(=O)OC[C@@H]2CCCN2C(N)=O)c(C)nc1C. The van der Waals surface area contributed by atoms with E-state index in [9.17, 15) is 14.4 Å². The lowest BCUT2D eigenvalue weighted by atomic mass is 10.1. The first-order valence-corrected chi connectivity index (χ1v) is 7.53. The average molecular weight is 319 g/mol. The van der Waals surface area contributed by atoms with E-state index in [1.165, 1.54) is 17.9 Å². The van der Waals surface area contributed by atoms with Crippen molar-refractivity contribution in [3.63, 3.8) is 0 Å². The lowest BCUT2D eigenvalue weighted by molar-refractivity contribution is 0.0420. The number of ketones is 1. The maximum Gasteiger partial charge on any atom is 0.340 e. The van der Waals surface area contributed by atoms with Crippen LogP contribution in [0.5, 0.6) is 0 Å². The van der Waals surface area contributed by atoms with Crippen molar-refractivity contribution in [1.29, 1.82) is 0 Å². The first-order valence-electron chi connectivity index (χ1n) is 7.53. The van der Waals surface area contributed by atoms with Gasteiger partial charge in [0.1, 0.15) is 6.61 Å². The summed E-state index contributed by atoms with van der Waals surface area (Å²) in [7, 11) is 0. The van der Waals surface area contributed by atoms with Gasteiger partial charge >= 0.3 is 12.0 Å². The van der Waals surface area contributed by atoms with Gasteiger partial charge in [0.2, 0.25) is 0 Å². The number of nitrogens with zero attached hydrogens (tertiary/aromatic N) is 2. The first-order chi connectivity index (χ1) is 10.8. The van der Waals surface area contributed by atoms with Crippen molar-refractivity contribution in [2.75, 3.05) is 13.2 Å². The molecule has 0 spiro atoms. The minimum atomic E-state index is -0.547. The van der Waals surface area contributed by atoms with Crippen LogP contribution in [-0.4, -0.2) is 46.9 Å². The minimum Gasteiger partial charge on any atom is -0.460 e. The number of carbonyl (C=O) groups excluding carboxylic acids is 3. The number of rotatable bonds is 4. The van der Waals surface area contributed by atoms with Gasteiger partial charge < -0.3 is 15.4 Å². The van der Waals surface area contributed by atoms with Crippen LogP contribution < -0.4 is 5.73 Å². The smallest absolute Gasteiger partial charge is 0.340 e. The monoisotopic (exact) mass is 319 g/mol. The lowest BCUT2D eigenvalue weighted by Gasteiger charge is -2.22. The summed E-state index contributed by atoms with van der Waals surface area (Å²) in [6.45, 7) is 5.51. The number of urea groups is 1. The van der Waals surface area contributed by atoms with Crippen molar-refractivity contribution < 1.29 is 19.1 Å². The number of Topliss-reactive ketones (excluding diaryl/α,β-unsaturated/α-hetero) is 1. The van der Waals surface area contributed by atoms with Crippen LogP contribution in [0, 0.1) is 13.8 Å². The van der Waals surface area contributed by atoms with Gasteiger partial charge in [0.05, 0.1) is 17.3 Å². The zero-order valence-corrected chi connectivity index (χ0v) is 13.6. The highest BCUT2D eigenvalue weighted by Gasteiger charge is 2.28. The summed E-state index contributed by atoms with van der Waals surface area (Å²) in [5.41, 5.74) is 7.07. The number of likely N-dealkylation sites (tertiary alicyclic amines) is 1. The molecule has 0 saturated carbocycles. The molecule has 1 aromatic heterocycles. The molecule has 1 aromatic rings. The van der Waals surface area contributed by atoms with Gasteiger partial charge in [-0.3, -0.25) is 9.78 Å². The molecule has 1 saturated heterocycles. The van der Waals surface area contributed by atoms with Crippen LogP contribution in [0.15, 0.2) is 6.07 Å². The largest absolute Gasteiger partial charge is 0.460 e. The number of ether oxygens (including phenoxy) is 1. The van der Waals surface area contributed by atoms with Crippen LogP contribution in [0.25, 0.3) is 0 Å². The topological polar surface area (TPSA) is 103 Å². The van der Waals surface area contributed by atoms with Crippen molar-refractivity contribution in [2.45, 2.75) is 39.7 Å². The fourth-order valence-corrected chi connectivity index (χ4v) is 2.84. The molecule has 23 heavy (non-hydrogen) atoms. The number of esters is 1. The Bertz CT molecular complexity index is 657. The Kier molecular flexibility index (Phi) is 4.98. The van der Waals surface area contributed by atoms with E-state index in [2.05, 4.69) is 4.98 Å². The molecule has 0 aromatic carbocycles. The maximum atomic E-state index is 12.3. The van der Waals surface area contributed by atoms with Crippen LogP contribution in [0.4, 0.5) is 4.79 Å². The average Bonchev–Trinajstić information content (AvgIpc) is 2.93. The van der Waals surface area contributed by atoms with Crippen molar-refractivity contribution >= 4 is 17.8 Å². The van der Waals surface area contributed by atoms with E-state index < -0.39 is 12.0 Å². The van der Waals surface area contributed by atoms with Gasteiger partial charge in [-0.25, -0.2) is 9.59 Å². The molecule has 2 amide bonds. The van der Waals surface area contributed by atoms with Crippen molar-refractivity contribution in [1.82, 2.24) is 9.88 Å². The second-order valence-electron chi connectivity index (χ2n) is 5.74. The Balaban J connectivity index is 2.10. The lowest BCUT2D eigenvalue weighted by Crippen LogP contribution is -2.42. The Labute approximate surface area is 134 Å². The Morgan fingerprint density at radius 2 is 1.96 bits per heavy atom. The molecule has 7 nitrogen and oxygen atoms in total. The molecule has 0 unspecified atom stereocenters. The van der Waals surface area contributed by atoms with Gasteiger partial charge in [0.15, 0.2) is 5.78 Å². The van der Waals surface area contributed by atoms with E-state index in [-0.39, 0.29) is 24.0 Å². The van der Waals surface area contributed by atoms with Crippen LogP contribution >= 0.6 is 0 Å². The van der Waals surface area contributed by atoms with Crippen LogP contribution in [0.3, 0.4) is 0 Å². The van der Waals surface area contributed by atoms with E-state index in [1.54, 1.807) is 13.8 Å². The third-order valence-electron chi connectivity index (χ3n) is 4.07. The van der Waals surface area contributed by atoms with Gasteiger partial charge in [0, 0.05) is 17.8 Å². The summed E-state index contributed by atoms with van der Waals surface area (Å²) in [5, 5.41) is 0. The number of amides is 2. The Hall–Kier alpha value is -2.44. The number of hydrogen-bond donors (Lipinski definition) is 1. The standard InChI is InChI=1S/C16H21N3O4/c1-9-13(11(3)20)7-14(10(2)18-9)15(21)23-8-12-5-4-6-19(12)16(17)22/h7,12H,4-6,8H2,1-3H3,(H2,17,22)/t12-/m0/s1. The van der Waals surface area contributed by atoms with E-state index in [4.69, 9.17) is 10.5 Å². The zero-order chi connectivity index (χ0) is 17.1. The molecule has 0 bridgehead atoms. The number of hydrogen-bond acceptors (Lipinski definition) is 5. The number of aromatic nitrogens is 1. The molecular formula is C16H21N3O4. The van der Waals surface area contributed by atoms with Crippen molar-refractivity contribution in [2.24, 2.45) is 5.73 Å². The third-order valence-corrected chi connectivity index (χ3v) is 4.07. The molecule has 1 atom stereocenters. The molecule has 1 aliphatic rings. The van der Waals surface area contributed by atoms with Gasteiger partial charge in [-0.15, -0.1) is 0 Å². The summed E-state index contributed by atoms with van der Waals surface area (Å²) in [6, 6.07) is 0.820. The quantitative estimate of drug-likeness (QED) is 0.671. The van der Waals surface area contributed by atoms with E-state index >= 15 is 0 Å². The predicted octanol–water partition coefficient (Wildman–Crippen LogP) is 1.60. The second-order valence-corrected chi connectivity index (χ2v) is 5.74. The van der Waals surface area contributed by atoms with Gasteiger partial charge in [-0.1, -0.05) is 0 Å². The highest BCUT2D eigenvalue weighted by atomic mass is 16.5. The van der Waals surface area contributed by atoms with Gasteiger partial charge in [-0.2, -0.15) is 0 Å². The van der Waals surface area contributed by atoms with Crippen molar-refractivity contribution in [3.05, 3.63) is 28.6 Å². The fraction of sp³-hybridized carbons (Fsp3) is 0.500. The summed E-state index contributed by atoms with van der Waals surface area (Å²) in [6.07, 6.45) is 1.59. The molecule has 0 radical (unpaired) electrons. The number of primary amides is 1. The fourth-order valence-electron chi connectivity index (χ4n) is 2.84. The molecule has 2 N–H and O–H groups in total. The Morgan fingerprint density at radius 3 is 2.57 bits per heavy atom. The highest BCUT2D eigenvalue weighted by molar-refractivity contribution is 5.99. The molecule has 124 valence electrons. The summed E-state index contributed by atoms with van der Waals surface area (Å²) >= 11 is 0. The van der Waals surface area contributed by atoms with Crippen LogP contribution in [0.1, 0.15) is 51.9 Å². The summed E-state index contributed by atoms with van der Waals surface area (Å²) in [5.74, 6) is -0.700. The summed E-state index contributed by atoms with van der Waals surface area (Å²) < 4.78 is 5.31. The second kappa shape index (κ2) is 6.76. The molecule has 1 fully saturated rings. The Morgan fingerprint density at radius 1 is 1.30 bits per heavy atom. The number of carbonyl (C=O) groups is 3. The predicted molar refractivity (Wildman–Crippen MR) is 83.3 cm³/mol. The number of aryl methyl sites for hydroxylation is 2. The zero-order valence-electron chi connectivity index (χ0n) is 13.6. The first kappa shape index (κ1) is 16.9. The maximum absolute atomic E-state index is 12.3. The van der Waals surface area contributed by atoms with Crippen LogP contribution in [0.2, 0.25) is 0 Å². The number of nitrogens with two attached hydrogens (primary N) is 1. The highest BCUT2D eigenvalue weighted by Crippen LogP contribution is 2.19. The molecule has 0 aliphatic carbocycles. The van der Waals surface area contributed by atoms with Crippen LogP contribution in [-0.2, 0) is 4.74 Å². The molecule has 1 aliphatic heterocycles. The van der Waals surface area contributed by atoms with Crippen molar-refractivity contribution in [3.8, 4) is 0 Å². The minimum absolute atomic E-state index is 0.0878.